The van der Waals surface area contributed by atoms with Crippen LogP contribution in [0.4, 0.5) is 0 Å². The number of benzene rings is 1. The zero-order valence-electron chi connectivity index (χ0n) is 23.0. The van der Waals surface area contributed by atoms with E-state index in [1.165, 1.54) is 32.1 Å². The summed E-state index contributed by atoms with van der Waals surface area (Å²) < 4.78 is 0. The van der Waals surface area contributed by atoms with Crippen LogP contribution in [-0.2, 0) is 0 Å². The molecule has 0 spiro atoms. The minimum Gasteiger partial charge on any atom is -0.390 e. The summed E-state index contributed by atoms with van der Waals surface area (Å²) in [5.74, 6) is 3.71. The van der Waals surface area contributed by atoms with Crippen molar-refractivity contribution in [2.75, 3.05) is 0 Å². The van der Waals surface area contributed by atoms with E-state index >= 15 is 0 Å². The van der Waals surface area contributed by atoms with Gasteiger partial charge in [0.2, 0.25) is 0 Å². The van der Waals surface area contributed by atoms with E-state index in [2.05, 4.69) is 39.8 Å². The van der Waals surface area contributed by atoms with Gasteiger partial charge in [-0.1, -0.05) is 51.5 Å². The Bertz CT molecular complexity index is 1040. The number of nitriles is 1. The van der Waals surface area contributed by atoms with Crippen LogP contribution in [0.15, 0.2) is 35.9 Å². The predicted molar refractivity (Wildman–Crippen MR) is 145 cm³/mol. The predicted octanol–water partition coefficient (Wildman–Crippen LogP) is 7.73. The summed E-state index contributed by atoms with van der Waals surface area (Å²) in [6, 6.07) is 9.65. The summed E-state index contributed by atoms with van der Waals surface area (Å²) in [5.41, 5.74) is 3.29. The molecule has 4 aliphatic rings. The van der Waals surface area contributed by atoms with Crippen molar-refractivity contribution >= 4 is 0 Å². The third-order valence-corrected chi connectivity index (χ3v) is 12.0. The molecule has 0 amide bonds. The Morgan fingerprint density at radius 3 is 2.64 bits per heavy atom. The van der Waals surface area contributed by atoms with Gasteiger partial charge in [-0.05, 0) is 129 Å². The second kappa shape index (κ2) is 9.59. The molecule has 0 saturated heterocycles. The molecule has 0 aliphatic heterocycles. The van der Waals surface area contributed by atoms with E-state index in [1.54, 1.807) is 11.6 Å². The van der Waals surface area contributed by atoms with Crippen LogP contribution in [0.1, 0.15) is 116 Å². The number of aliphatic hydroxyl groups excluding tert-OH is 1. The summed E-state index contributed by atoms with van der Waals surface area (Å²) in [4.78, 5) is 0. The van der Waals surface area contributed by atoms with Crippen molar-refractivity contribution in [1.29, 1.82) is 5.26 Å². The van der Waals surface area contributed by atoms with Crippen molar-refractivity contribution in [2.24, 2.45) is 40.4 Å². The van der Waals surface area contributed by atoms with Gasteiger partial charge in [0.05, 0.1) is 23.3 Å². The third-order valence-electron chi connectivity index (χ3n) is 12.0. The fraction of sp³-hybridized carbons (Fsp3) is 0.727. The molecule has 4 aliphatic carbocycles. The molecule has 2 N–H and O–H groups in total. The molecule has 0 bridgehead atoms. The lowest BCUT2D eigenvalue weighted by Crippen LogP contribution is -2.52. The highest BCUT2D eigenvalue weighted by Crippen LogP contribution is 2.67. The van der Waals surface area contributed by atoms with Crippen molar-refractivity contribution < 1.29 is 10.2 Å². The SMILES string of the molecule is CC[C@]1(O)CC[C@@]2(C)C(=CC[C@H]3[C@@H]4CC[C@H]([C@H](C)CCC(O)c5cccc(C#N)c5)[C@@]4(C)CC[C@@H]32)C1. The number of hydrogen-bond donors (Lipinski definition) is 2. The zero-order chi connectivity index (χ0) is 25.7. The number of rotatable bonds is 6. The second-order valence-electron chi connectivity index (χ2n) is 13.6. The third kappa shape index (κ3) is 4.27. The summed E-state index contributed by atoms with van der Waals surface area (Å²) in [5, 5.41) is 31.1. The van der Waals surface area contributed by atoms with Gasteiger partial charge in [-0.15, -0.1) is 0 Å². The van der Waals surface area contributed by atoms with Crippen LogP contribution in [0, 0.1) is 51.8 Å². The van der Waals surface area contributed by atoms with E-state index in [4.69, 9.17) is 0 Å². The number of nitrogens with zero attached hydrogens (tertiary/aromatic N) is 1. The average molecular weight is 490 g/mol. The molecule has 3 heteroatoms. The molecule has 3 nitrogen and oxygen atoms in total. The lowest BCUT2D eigenvalue weighted by atomic mass is 9.46. The van der Waals surface area contributed by atoms with Gasteiger partial charge < -0.3 is 10.2 Å². The molecule has 36 heavy (non-hydrogen) atoms. The van der Waals surface area contributed by atoms with Gasteiger partial charge in [-0.25, -0.2) is 0 Å². The molecule has 0 heterocycles. The van der Waals surface area contributed by atoms with Crippen LogP contribution < -0.4 is 0 Å². The average Bonchev–Trinajstić information content (AvgIpc) is 3.25. The number of aliphatic hydroxyl groups is 2. The molecule has 9 atom stereocenters. The summed E-state index contributed by atoms with van der Waals surface area (Å²) in [7, 11) is 0. The van der Waals surface area contributed by atoms with E-state index in [0.717, 1.165) is 67.8 Å². The van der Waals surface area contributed by atoms with Crippen molar-refractivity contribution in [3.05, 3.63) is 47.0 Å². The molecule has 0 aromatic heterocycles. The zero-order valence-corrected chi connectivity index (χ0v) is 23.0. The monoisotopic (exact) mass is 489 g/mol. The highest BCUT2D eigenvalue weighted by Gasteiger charge is 2.59. The van der Waals surface area contributed by atoms with E-state index in [9.17, 15) is 15.5 Å². The maximum atomic E-state index is 11.0. The van der Waals surface area contributed by atoms with Crippen molar-refractivity contribution in [2.45, 2.75) is 110 Å². The lowest BCUT2D eigenvalue weighted by molar-refractivity contribution is -0.0757. The Morgan fingerprint density at radius 1 is 1.08 bits per heavy atom. The minimum atomic E-state index is -0.489. The topological polar surface area (TPSA) is 64.2 Å². The maximum absolute atomic E-state index is 11.0. The first-order valence-corrected chi connectivity index (χ1v) is 14.7. The Hall–Kier alpha value is -1.63. The quantitative estimate of drug-likeness (QED) is 0.402. The van der Waals surface area contributed by atoms with E-state index in [1.807, 2.05) is 18.2 Å². The van der Waals surface area contributed by atoms with Gasteiger partial charge in [0, 0.05) is 0 Å². The summed E-state index contributed by atoms with van der Waals surface area (Å²) in [6.07, 6.45) is 14.3. The fourth-order valence-electron chi connectivity index (χ4n) is 9.59. The Morgan fingerprint density at radius 2 is 1.89 bits per heavy atom. The van der Waals surface area contributed by atoms with Gasteiger partial charge in [0.15, 0.2) is 0 Å². The minimum absolute atomic E-state index is 0.289. The highest BCUT2D eigenvalue weighted by molar-refractivity contribution is 5.33. The molecule has 1 aromatic rings. The van der Waals surface area contributed by atoms with Gasteiger partial charge in [-0.2, -0.15) is 5.26 Å². The van der Waals surface area contributed by atoms with Crippen LogP contribution >= 0.6 is 0 Å². The molecule has 1 unspecified atom stereocenters. The first kappa shape index (κ1) is 26.0. The van der Waals surface area contributed by atoms with E-state index in [-0.39, 0.29) is 5.41 Å². The molecule has 3 fully saturated rings. The molecule has 196 valence electrons. The van der Waals surface area contributed by atoms with Gasteiger partial charge >= 0.3 is 0 Å². The van der Waals surface area contributed by atoms with Gasteiger partial charge in [0.1, 0.15) is 0 Å². The van der Waals surface area contributed by atoms with E-state index in [0.29, 0.717) is 16.9 Å². The van der Waals surface area contributed by atoms with Crippen LogP contribution in [0.2, 0.25) is 0 Å². The van der Waals surface area contributed by atoms with Gasteiger partial charge in [0.25, 0.3) is 0 Å². The Labute approximate surface area is 219 Å². The maximum Gasteiger partial charge on any atom is 0.0991 e. The largest absolute Gasteiger partial charge is 0.390 e. The van der Waals surface area contributed by atoms with Crippen LogP contribution in [0.5, 0.6) is 0 Å². The number of allylic oxidation sites excluding steroid dienone is 1. The fourth-order valence-corrected chi connectivity index (χ4v) is 9.59. The molecule has 3 saturated carbocycles. The van der Waals surface area contributed by atoms with Gasteiger partial charge in [-0.3, -0.25) is 0 Å². The molecule has 0 radical (unpaired) electrons. The van der Waals surface area contributed by atoms with Crippen LogP contribution in [0.3, 0.4) is 0 Å². The van der Waals surface area contributed by atoms with Crippen molar-refractivity contribution in [3.8, 4) is 6.07 Å². The number of fused-ring (bicyclic) bond motifs is 5. The standard InChI is InChI=1S/C33H47NO2/c1-5-33(36)18-17-31(3)25(20-33)10-11-26-28-13-12-27(32(28,4)16-15-29(26)31)22(2)9-14-30(35)24-8-6-7-23(19-24)21-34/h6-8,10,19,22,26-30,35-36H,5,9,11-18,20H2,1-4H3/t22-,26+,27-,28+,29+,30?,31+,32-,33+/m1/s1. The Balaban J connectivity index is 1.27. The lowest BCUT2D eigenvalue weighted by Gasteiger charge is -2.59. The van der Waals surface area contributed by atoms with Crippen LogP contribution in [-0.4, -0.2) is 15.8 Å². The second-order valence-corrected chi connectivity index (χ2v) is 13.6. The number of hydrogen-bond acceptors (Lipinski definition) is 3. The first-order valence-electron chi connectivity index (χ1n) is 14.7. The molecular weight excluding hydrogens is 442 g/mol. The van der Waals surface area contributed by atoms with E-state index < -0.39 is 11.7 Å². The van der Waals surface area contributed by atoms with Crippen molar-refractivity contribution in [1.82, 2.24) is 0 Å². The first-order chi connectivity index (χ1) is 17.1. The molecule has 1 aromatic carbocycles. The summed E-state index contributed by atoms with van der Waals surface area (Å²) >= 11 is 0. The highest BCUT2D eigenvalue weighted by atomic mass is 16.3. The normalized spacial score (nSPS) is 41.3. The molecular formula is C33H47NO2. The molecule has 5 rings (SSSR count). The smallest absolute Gasteiger partial charge is 0.0991 e. The van der Waals surface area contributed by atoms with Crippen LogP contribution in [0.25, 0.3) is 0 Å². The summed E-state index contributed by atoms with van der Waals surface area (Å²) in [6.45, 7) is 9.71. The Kier molecular flexibility index (Phi) is 6.93. The van der Waals surface area contributed by atoms with Crippen molar-refractivity contribution in [3.63, 3.8) is 0 Å².